The normalized spacial score (nSPS) is 19.3. The van der Waals surface area contributed by atoms with Crippen molar-refractivity contribution in [2.24, 2.45) is 5.41 Å². The van der Waals surface area contributed by atoms with Crippen LogP contribution in [0.2, 0.25) is 5.02 Å². The Hall–Kier alpha value is -4.27. The van der Waals surface area contributed by atoms with Crippen LogP contribution in [-0.2, 0) is 4.74 Å². The van der Waals surface area contributed by atoms with E-state index in [0.717, 1.165) is 37.9 Å². The fourth-order valence-corrected chi connectivity index (χ4v) is 7.32. The molecule has 10 nitrogen and oxygen atoms in total. The van der Waals surface area contributed by atoms with Crippen molar-refractivity contribution in [3.8, 4) is 17.3 Å². The van der Waals surface area contributed by atoms with Gasteiger partial charge in [0.1, 0.15) is 28.7 Å². The summed E-state index contributed by atoms with van der Waals surface area (Å²) in [7, 11) is 0. The fourth-order valence-electron chi connectivity index (χ4n) is 7.04. The van der Waals surface area contributed by atoms with E-state index in [1.54, 1.807) is 17.2 Å². The van der Waals surface area contributed by atoms with Gasteiger partial charge in [0.15, 0.2) is 5.82 Å². The lowest BCUT2D eigenvalue weighted by Crippen LogP contribution is -2.57. The summed E-state index contributed by atoms with van der Waals surface area (Å²) in [6.45, 7) is 17.8. The van der Waals surface area contributed by atoms with Crippen LogP contribution < -0.4 is 9.64 Å². The van der Waals surface area contributed by atoms with Gasteiger partial charge in [0.05, 0.1) is 12.0 Å². The Kier molecular flexibility index (Phi) is 8.96. The Morgan fingerprint density at radius 1 is 1.10 bits per heavy atom. The van der Waals surface area contributed by atoms with Crippen LogP contribution in [-0.4, -0.2) is 94.9 Å². The number of carbonyl (C=O) groups is 1. The second-order valence-electron chi connectivity index (χ2n) is 14.5. The molecule has 0 bridgehead atoms. The molecule has 1 amide bonds. The average Bonchev–Trinajstić information content (AvgIpc) is 3.64. The highest BCUT2D eigenvalue weighted by Crippen LogP contribution is 2.47. The molecule has 2 aromatic heterocycles. The number of pyridine rings is 1. The van der Waals surface area contributed by atoms with Gasteiger partial charge in [-0.3, -0.25) is 9.88 Å². The first kappa shape index (κ1) is 33.2. The number of halogens is 2. The SMILES string of the molecule is [C-]#[N+]C[C@H]1CN(c2nc(OCC3(CN4CCCC4)CC3)nc3c(F)c(-c4cccc5cccc(Cl)c45)ncc23)CCN1C(=O)OC(C)(C)C. The summed E-state index contributed by atoms with van der Waals surface area (Å²) in [5.41, 5.74) is 0.166. The minimum Gasteiger partial charge on any atom is -0.463 e. The second-order valence-corrected chi connectivity index (χ2v) is 14.9. The lowest BCUT2D eigenvalue weighted by atomic mass is 10.0. The van der Waals surface area contributed by atoms with Gasteiger partial charge in [-0.25, -0.2) is 15.8 Å². The molecule has 0 spiro atoms. The number of piperazine rings is 1. The van der Waals surface area contributed by atoms with Crippen molar-refractivity contribution in [1.82, 2.24) is 24.8 Å². The van der Waals surface area contributed by atoms with Crippen molar-refractivity contribution in [3.63, 3.8) is 0 Å². The van der Waals surface area contributed by atoms with Crippen LogP contribution in [0.25, 0.3) is 37.8 Å². The van der Waals surface area contributed by atoms with Crippen LogP contribution in [0.3, 0.4) is 0 Å². The molecule has 1 atom stereocenters. The molecule has 1 saturated carbocycles. The predicted molar refractivity (Wildman–Crippen MR) is 188 cm³/mol. The van der Waals surface area contributed by atoms with Crippen LogP contribution in [0, 0.1) is 17.8 Å². The number of amides is 1. The van der Waals surface area contributed by atoms with Crippen molar-refractivity contribution >= 4 is 45.2 Å². The number of likely N-dealkylation sites (tertiary alicyclic amines) is 1. The molecule has 0 unspecified atom stereocenters. The predicted octanol–water partition coefficient (Wildman–Crippen LogP) is 7.24. The number of hydrogen-bond acceptors (Lipinski definition) is 8. The van der Waals surface area contributed by atoms with E-state index in [9.17, 15) is 4.79 Å². The molecule has 0 radical (unpaired) electrons. The fraction of sp³-hybridized carbons (Fsp3) is 0.486. The highest BCUT2D eigenvalue weighted by Gasteiger charge is 2.45. The maximum atomic E-state index is 16.8. The van der Waals surface area contributed by atoms with Gasteiger partial charge in [0, 0.05) is 53.8 Å². The van der Waals surface area contributed by atoms with Gasteiger partial charge in [-0.2, -0.15) is 9.97 Å². The van der Waals surface area contributed by atoms with Crippen LogP contribution in [0.5, 0.6) is 6.01 Å². The van der Waals surface area contributed by atoms with Gasteiger partial charge in [-0.15, -0.1) is 0 Å². The summed E-state index contributed by atoms with van der Waals surface area (Å²) in [5.74, 6) is -0.140. The number of nitrogens with zero attached hydrogens (tertiary/aromatic N) is 7. The van der Waals surface area contributed by atoms with Crippen molar-refractivity contribution in [1.29, 1.82) is 0 Å². The van der Waals surface area contributed by atoms with Crippen molar-refractivity contribution in [2.75, 3.05) is 57.3 Å². The van der Waals surface area contributed by atoms with E-state index in [-0.39, 0.29) is 29.2 Å². The van der Waals surface area contributed by atoms with Crippen LogP contribution in [0.15, 0.2) is 42.6 Å². The zero-order valence-corrected chi connectivity index (χ0v) is 29.0. The van der Waals surface area contributed by atoms with E-state index >= 15 is 4.39 Å². The van der Waals surface area contributed by atoms with E-state index in [4.69, 9.17) is 32.6 Å². The van der Waals surface area contributed by atoms with Gasteiger partial charge in [-0.05, 0) is 71.0 Å². The maximum Gasteiger partial charge on any atom is 0.410 e. The molecule has 12 heteroatoms. The van der Waals surface area contributed by atoms with Gasteiger partial charge in [-0.1, -0.05) is 41.9 Å². The molecular weight excluding hydrogens is 645 g/mol. The Morgan fingerprint density at radius 3 is 2.57 bits per heavy atom. The molecule has 4 aromatic rings. The standard InChI is InChI=1S/C37H41ClFN7O3/c1-36(2,3)49-35(47)46-18-17-45(21-25(46)19-40-4)33-27-20-41-31(26-11-7-9-24-10-8-12-28(38)29(24)26)30(39)32(27)42-34(43-33)48-23-37(13-14-37)22-44-15-5-6-16-44/h7-12,20,25H,5-6,13-19,21-23H2,1-3H3/t25-/m0/s1. The topological polar surface area (TPSA) is 88.3 Å². The first-order valence-electron chi connectivity index (χ1n) is 17.0. The summed E-state index contributed by atoms with van der Waals surface area (Å²) in [5, 5.41) is 2.51. The molecule has 49 heavy (non-hydrogen) atoms. The molecule has 4 heterocycles. The average molecular weight is 686 g/mol. The molecule has 2 saturated heterocycles. The number of anilines is 1. The molecule has 2 aliphatic heterocycles. The van der Waals surface area contributed by atoms with Crippen LogP contribution >= 0.6 is 11.6 Å². The Balaban J connectivity index is 1.27. The van der Waals surface area contributed by atoms with Gasteiger partial charge in [0.2, 0.25) is 6.54 Å². The first-order chi connectivity index (χ1) is 23.5. The summed E-state index contributed by atoms with van der Waals surface area (Å²) in [6.07, 6.45) is 5.72. The molecular formula is C37H41ClFN7O3. The quantitative estimate of drug-likeness (QED) is 0.180. The molecule has 7 rings (SSSR count). The molecule has 3 aliphatic rings. The zero-order valence-electron chi connectivity index (χ0n) is 28.2. The lowest BCUT2D eigenvalue weighted by molar-refractivity contribution is 0.0155. The van der Waals surface area contributed by atoms with E-state index in [1.165, 1.54) is 12.8 Å². The smallest absolute Gasteiger partial charge is 0.410 e. The van der Waals surface area contributed by atoms with Gasteiger partial charge >= 0.3 is 12.1 Å². The minimum atomic E-state index is -0.672. The molecule has 0 N–H and O–H groups in total. The number of benzene rings is 2. The molecule has 3 fully saturated rings. The molecule has 256 valence electrons. The van der Waals surface area contributed by atoms with Crippen molar-refractivity contribution in [2.45, 2.75) is 58.1 Å². The number of fused-ring (bicyclic) bond motifs is 2. The highest BCUT2D eigenvalue weighted by molar-refractivity contribution is 6.36. The third-order valence-electron chi connectivity index (χ3n) is 9.69. The highest BCUT2D eigenvalue weighted by atomic mass is 35.5. The number of ether oxygens (including phenoxy) is 2. The number of hydrogen-bond donors (Lipinski definition) is 0. The van der Waals surface area contributed by atoms with Crippen molar-refractivity contribution in [3.05, 3.63) is 64.9 Å². The van der Waals surface area contributed by atoms with Crippen LogP contribution in [0.1, 0.15) is 46.5 Å². The summed E-state index contributed by atoms with van der Waals surface area (Å²) >= 11 is 6.63. The zero-order chi connectivity index (χ0) is 34.3. The van der Waals surface area contributed by atoms with Crippen LogP contribution in [0.4, 0.5) is 15.0 Å². The maximum absolute atomic E-state index is 16.8. The number of rotatable bonds is 8. The molecule has 1 aliphatic carbocycles. The summed E-state index contributed by atoms with van der Waals surface area (Å²) in [6, 6.07) is 10.8. The summed E-state index contributed by atoms with van der Waals surface area (Å²) in [4.78, 5) is 37.0. The van der Waals surface area contributed by atoms with E-state index < -0.39 is 23.6 Å². The third kappa shape index (κ3) is 6.94. The van der Waals surface area contributed by atoms with Gasteiger partial charge in [0.25, 0.3) is 0 Å². The largest absolute Gasteiger partial charge is 0.463 e. The van der Waals surface area contributed by atoms with Gasteiger partial charge < -0.3 is 24.1 Å². The van der Waals surface area contributed by atoms with E-state index in [1.807, 2.05) is 56.0 Å². The van der Waals surface area contributed by atoms with E-state index in [0.29, 0.717) is 53.4 Å². The van der Waals surface area contributed by atoms with E-state index in [2.05, 4.69) is 19.7 Å². The second kappa shape index (κ2) is 13.2. The Bertz CT molecular complexity index is 1930. The Labute approximate surface area is 291 Å². The molecule has 2 aromatic carbocycles. The number of carbonyl (C=O) groups excluding carboxylic acids is 1. The number of aromatic nitrogens is 3. The lowest BCUT2D eigenvalue weighted by Gasteiger charge is -2.40. The minimum absolute atomic E-state index is 0.0459. The third-order valence-corrected chi connectivity index (χ3v) is 10.0. The Morgan fingerprint density at radius 2 is 1.86 bits per heavy atom. The van der Waals surface area contributed by atoms with Crippen molar-refractivity contribution < 1.29 is 18.7 Å². The first-order valence-corrected chi connectivity index (χ1v) is 17.4. The monoisotopic (exact) mass is 685 g/mol. The summed E-state index contributed by atoms with van der Waals surface area (Å²) < 4.78 is 28.8.